The van der Waals surface area contributed by atoms with Gasteiger partial charge in [-0.25, -0.2) is 9.07 Å². The number of pyridine rings is 1. The number of benzene rings is 2. The van der Waals surface area contributed by atoms with Gasteiger partial charge in [0.1, 0.15) is 5.82 Å². The van der Waals surface area contributed by atoms with Gasteiger partial charge in [0, 0.05) is 18.0 Å². The van der Waals surface area contributed by atoms with Crippen molar-refractivity contribution in [1.82, 2.24) is 20.1 Å². The summed E-state index contributed by atoms with van der Waals surface area (Å²) >= 11 is 0. The van der Waals surface area contributed by atoms with Crippen molar-refractivity contribution >= 4 is 5.91 Å². The maximum Gasteiger partial charge on any atom is 0.253 e. The second-order valence-corrected chi connectivity index (χ2v) is 10.7. The molecule has 3 atom stereocenters. The monoisotopic (exact) mass is 524 g/mol. The molecule has 200 valence electrons. The normalized spacial score (nSPS) is 19.7. The number of hydrogen-bond acceptors (Lipinski definition) is 3. The van der Waals surface area contributed by atoms with Crippen molar-refractivity contribution in [3.63, 3.8) is 0 Å². The van der Waals surface area contributed by atoms with E-state index in [0.717, 1.165) is 48.2 Å². The lowest BCUT2D eigenvalue weighted by atomic mass is 9.70. The van der Waals surface area contributed by atoms with Crippen LogP contribution in [-0.2, 0) is 6.42 Å². The Kier molecular flexibility index (Phi) is 7.33. The van der Waals surface area contributed by atoms with Crippen LogP contribution in [0.2, 0.25) is 0 Å². The molecule has 0 aliphatic heterocycles. The van der Waals surface area contributed by atoms with Crippen LogP contribution >= 0.6 is 0 Å². The molecule has 5 rings (SSSR count). The molecule has 6 nitrogen and oxygen atoms in total. The molecule has 0 spiro atoms. The second-order valence-electron chi connectivity index (χ2n) is 10.7. The Labute approximate surface area is 227 Å². The first kappa shape index (κ1) is 26.4. The number of halogens is 1. The fraction of sp³-hybridized carbons (Fsp3) is 0.281. The molecule has 1 amide bonds. The molecule has 39 heavy (non-hydrogen) atoms. The van der Waals surface area contributed by atoms with Gasteiger partial charge in [0.2, 0.25) is 5.56 Å². The van der Waals surface area contributed by atoms with Crippen molar-refractivity contribution in [1.29, 1.82) is 0 Å². The summed E-state index contributed by atoms with van der Waals surface area (Å²) in [6.45, 7) is 8.78. The van der Waals surface area contributed by atoms with E-state index in [4.69, 9.17) is 0 Å². The zero-order valence-corrected chi connectivity index (χ0v) is 22.3. The summed E-state index contributed by atoms with van der Waals surface area (Å²) in [5, 5.41) is 7.83. The van der Waals surface area contributed by atoms with Crippen LogP contribution in [0.1, 0.15) is 59.4 Å². The summed E-state index contributed by atoms with van der Waals surface area (Å²) in [4.78, 5) is 27.2. The van der Waals surface area contributed by atoms with Gasteiger partial charge in [-0.1, -0.05) is 49.4 Å². The highest BCUT2D eigenvalue weighted by Gasteiger charge is 2.43. The van der Waals surface area contributed by atoms with E-state index in [9.17, 15) is 14.0 Å². The molecular weight excluding hydrogens is 491 g/mol. The van der Waals surface area contributed by atoms with E-state index in [1.54, 1.807) is 18.2 Å². The van der Waals surface area contributed by atoms with E-state index < -0.39 is 0 Å². The molecule has 2 N–H and O–H groups in total. The van der Waals surface area contributed by atoms with E-state index in [2.05, 4.69) is 28.9 Å². The minimum Gasteiger partial charge on any atom is -0.345 e. The highest BCUT2D eigenvalue weighted by Crippen LogP contribution is 2.52. The maximum atomic E-state index is 13.5. The van der Waals surface area contributed by atoms with Gasteiger partial charge >= 0.3 is 0 Å². The number of amides is 1. The predicted octanol–water partition coefficient (Wildman–Crippen LogP) is 6.08. The first-order valence-corrected chi connectivity index (χ1v) is 13.3. The van der Waals surface area contributed by atoms with Gasteiger partial charge < -0.3 is 10.3 Å². The number of H-pyrrole nitrogens is 1. The Bertz CT molecular complexity index is 1520. The summed E-state index contributed by atoms with van der Waals surface area (Å²) in [5.41, 5.74) is 5.20. The van der Waals surface area contributed by atoms with Gasteiger partial charge in [-0.2, -0.15) is 5.10 Å². The summed E-state index contributed by atoms with van der Waals surface area (Å²) in [6.07, 6.45) is 6.79. The largest absolute Gasteiger partial charge is 0.345 e. The van der Waals surface area contributed by atoms with Crippen molar-refractivity contribution in [3.8, 4) is 5.69 Å². The van der Waals surface area contributed by atoms with Crippen LogP contribution in [0.3, 0.4) is 0 Å². The van der Waals surface area contributed by atoms with Crippen LogP contribution in [0.25, 0.3) is 5.69 Å². The summed E-state index contributed by atoms with van der Waals surface area (Å²) in [6, 6.07) is 19.0. The van der Waals surface area contributed by atoms with Crippen LogP contribution in [0.4, 0.5) is 4.39 Å². The van der Waals surface area contributed by atoms with Crippen LogP contribution < -0.4 is 10.9 Å². The first-order valence-electron chi connectivity index (χ1n) is 13.3. The van der Waals surface area contributed by atoms with Crippen molar-refractivity contribution in [2.24, 2.45) is 11.3 Å². The molecule has 1 aliphatic carbocycles. The third kappa shape index (κ3) is 5.48. The summed E-state index contributed by atoms with van der Waals surface area (Å²) < 4.78 is 15.3. The van der Waals surface area contributed by atoms with E-state index >= 15 is 0 Å². The second kappa shape index (κ2) is 10.8. The topological polar surface area (TPSA) is 79.8 Å². The molecule has 2 heterocycles. The van der Waals surface area contributed by atoms with Crippen LogP contribution in [0, 0.1) is 24.1 Å². The van der Waals surface area contributed by atoms with Gasteiger partial charge in [-0.05, 0) is 85.4 Å². The molecule has 1 aliphatic rings. The van der Waals surface area contributed by atoms with Gasteiger partial charge in [0.15, 0.2) is 0 Å². The van der Waals surface area contributed by atoms with E-state index in [1.807, 2.05) is 48.1 Å². The van der Waals surface area contributed by atoms with Gasteiger partial charge in [0.05, 0.1) is 23.5 Å². The van der Waals surface area contributed by atoms with Crippen molar-refractivity contribution in [2.45, 2.75) is 45.6 Å². The van der Waals surface area contributed by atoms with Crippen LogP contribution in [0.15, 0.2) is 96.1 Å². The average molecular weight is 525 g/mol. The molecule has 2 aromatic carbocycles. The number of hydrogen-bond donors (Lipinski definition) is 2. The SMILES string of the molecule is C=C1CC[C@H](CC(NC(=O)c2ccc(=O)[nH]c2)c2ccccc2)[C@@]1(C)Cc1cnn(-c2ccc(F)cc2)c1C. The Morgan fingerprint density at radius 1 is 1.18 bits per heavy atom. The zero-order valence-electron chi connectivity index (χ0n) is 22.3. The van der Waals surface area contributed by atoms with E-state index in [1.165, 1.54) is 30.0 Å². The zero-order chi connectivity index (χ0) is 27.6. The predicted molar refractivity (Wildman–Crippen MR) is 150 cm³/mol. The first-order chi connectivity index (χ1) is 18.7. The molecule has 4 aromatic rings. The van der Waals surface area contributed by atoms with Gasteiger partial charge in [-0.3, -0.25) is 9.59 Å². The Morgan fingerprint density at radius 3 is 2.62 bits per heavy atom. The minimum absolute atomic E-state index is 0.183. The van der Waals surface area contributed by atoms with E-state index in [0.29, 0.717) is 5.56 Å². The maximum absolute atomic E-state index is 13.5. The lowest BCUT2D eigenvalue weighted by Crippen LogP contribution is -2.34. The molecular formula is C32H33FN4O2. The number of nitrogens with zero attached hydrogens (tertiary/aromatic N) is 2. The average Bonchev–Trinajstić information content (AvgIpc) is 3.43. The number of allylic oxidation sites excluding steroid dienone is 1. The number of carbonyl (C=O) groups excluding carboxylic acids is 1. The number of rotatable bonds is 8. The van der Waals surface area contributed by atoms with Crippen LogP contribution in [-0.4, -0.2) is 20.7 Å². The number of aromatic amines is 1. The molecule has 7 heteroatoms. The quantitative estimate of drug-likeness (QED) is 0.274. The van der Waals surface area contributed by atoms with Crippen molar-refractivity contribution in [2.75, 3.05) is 0 Å². The fourth-order valence-corrected chi connectivity index (χ4v) is 5.79. The fourth-order valence-electron chi connectivity index (χ4n) is 5.79. The van der Waals surface area contributed by atoms with Crippen molar-refractivity contribution in [3.05, 3.63) is 130 Å². The summed E-state index contributed by atoms with van der Waals surface area (Å²) in [5.74, 6) is -0.225. The smallest absolute Gasteiger partial charge is 0.253 e. The third-order valence-electron chi connectivity index (χ3n) is 8.32. The molecule has 1 fully saturated rings. The molecule has 2 aromatic heterocycles. The number of aromatic nitrogens is 3. The lowest BCUT2D eigenvalue weighted by molar-refractivity contribution is 0.0923. The molecule has 0 saturated heterocycles. The highest BCUT2D eigenvalue weighted by atomic mass is 19.1. The molecule has 0 bridgehead atoms. The standard InChI is InChI=1S/C32H33FN4O2/c1-21-9-11-26(32(21,3)18-25-20-35-37(22(25)2)28-14-12-27(33)13-15-28)17-29(23-7-5-4-6-8-23)36-31(39)24-10-16-30(38)34-19-24/h4-8,10,12-16,19-20,26,29H,1,9,11,17-18H2,2-3H3,(H,34,38)(H,36,39)/t26-,29?,32+/m1/s1. The Balaban J connectivity index is 1.40. The van der Waals surface area contributed by atoms with Crippen LogP contribution in [0.5, 0.6) is 0 Å². The number of carbonyl (C=O) groups is 1. The lowest BCUT2D eigenvalue weighted by Gasteiger charge is -2.35. The molecule has 1 saturated carbocycles. The van der Waals surface area contributed by atoms with Crippen molar-refractivity contribution < 1.29 is 9.18 Å². The third-order valence-corrected chi connectivity index (χ3v) is 8.32. The summed E-state index contributed by atoms with van der Waals surface area (Å²) in [7, 11) is 0. The Morgan fingerprint density at radius 2 is 1.92 bits per heavy atom. The van der Waals surface area contributed by atoms with Gasteiger partial charge in [0.25, 0.3) is 5.91 Å². The van der Waals surface area contributed by atoms with E-state index in [-0.39, 0.29) is 34.7 Å². The highest BCUT2D eigenvalue weighted by molar-refractivity contribution is 5.94. The minimum atomic E-state index is -0.276. The van der Waals surface area contributed by atoms with Gasteiger partial charge in [-0.15, -0.1) is 0 Å². The Hall–Kier alpha value is -4.26. The molecule has 0 radical (unpaired) electrons. The number of nitrogens with one attached hydrogen (secondary N) is 2. The molecule has 1 unspecified atom stereocenters.